The number of carboxylic acids is 1. The van der Waals surface area contributed by atoms with Crippen molar-refractivity contribution in [2.24, 2.45) is 17.8 Å². The standard InChI is InChI=1S/C7H10O3/c1-3-5-4(2-10-3)6(5)7(8)9/h3-6H,2H2,1H3,(H,8,9). The first-order valence-electron chi connectivity index (χ1n) is 3.56. The molecule has 0 aromatic carbocycles. The smallest absolute Gasteiger partial charge is 0.307 e. The lowest BCUT2D eigenvalue weighted by Gasteiger charge is -2.05. The Hall–Kier alpha value is -0.570. The Morgan fingerprint density at radius 3 is 2.70 bits per heavy atom. The van der Waals surface area contributed by atoms with Crippen LogP contribution in [-0.2, 0) is 9.53 Å². The summed E-state index contributed by atoms with van der Waals surface area (Å²) in [5.41, 5.74) is 0. The van der Waals surface area contributed by atoms with Gasteiger partial charge in [0.15, 0.2) is 0 Å². The second-order valence-corrected chi connectivity index (χ2v) is 3.14. The van der Waals surface area contributed by atoms with Crippen molar-refractivity contribution in [3.63, 3.8) is 0 Å². The third-order valence-electron chi connectivity index (χ3n) is 2.61. The molecule has 4 atom stereocenters. The fraction of sp³-hybridized carbons (Fsp3) is 0.857. The Labute approximate surface area is 59.0 Å². The predicted molar refractivity (Wildman–Crippen MR) is 33.5 cm³/mol. The average Bonchev–Trinajstić information content (AvgIpc) is 2.48. The van der Waals surface area contributed by atoms with Crippen molar-refractivity contribution in [2.75, 3.05) is 6.61 Å². The van der Waals surface area contributed by atoms with Crippen LogP contribution in [0.4, 0.5) is 0 Å². The predicted octanol–water partition coefficient (Wildman–Crippen LogP) is 0.352. The number of ether oxygens (including phenoxy) is 1. The van der Waals surface area contributed by atoms with Crippen LogP contribution in [0.5, 0.6) is 0 Å². The maximum absolute atomic E-state index is 10.5. The summed E-state index contributed by atoms with van der Waals surface area (Å²) in [6, 6.07) is 0. The molecule has 1 saturated heterocycles. The zero-order valence-electron chi connectivity index (χ0n) is 5.78. The summed E-state index contributed by atoms with van der Waals surface area (Å²) in [5.74, 6) is -0.0982. The minimum absolute atomic E-state index is 0.0938. The molecule has 1 saturated carbocycles. The second-order valence-electron chi connectivity index (χ2n) is 3.14. The van der Waals surface area contributed by atoms with Gasteiger partial charge < -0.3 is 9.84 Å². The second kappa shape index (κ2) is 1.72. The molecule has 0 spiro atoms. The molecule has 3 nitrogen and oxygen atoms in total. The van der Waals surface area contributed by atoms with Gasteiger partial charge in [-0.25, -0.2) is 0 Å². The van der Waals surface area contributed by atoms with E-state index in [1.54, 1.807) is 0 Å². The molecule has 1 aliphatic carbocycles. The first-order valence-corrected chi connectivity index (χ1v) is 3.56. The van der Waals surface area contributed by atoms with E-state index in [9.17, 15) is 4.79 Å². The van der Waals surface area contributed by atoms with Crippen molar-refractivity contribution >= 4 is 5.97 Å². The van der Waals surface area contributed by atoms with E-state index in [4.69, 9.17) is 9.84 Å². The SMILES string of the molecule is CC1OCC2C(C(=O)O)C12. The summed E-state index contributed by atoms with van der Waals surface area (Å²) in [5, 5.41) is 8.62. The molecular weight excluding hydrogens is 132 g/mol. The molecule has 1 heterocycles. The Morgan fingerprint density at radius 1 is 1.70 bits per heavy atom. The quantitative estimate of drug-likeness (QED) is 0.574. The maximum Gasteiger partial charge on any atom is 0.307 e. The number of aliphatic carboxylic acids is 1. The number of hydrogen-bond donors (Lipinski definition) is 1. The summed E-state index contributed by atoms with van der Waals surface area (Å²) in [4.78, 5) is 10.5. The minimum atomic E-state index is -0.648. The van der Waals surface area contributed by atoms with E-state index in [-0.39, 0.29) is 12.0 Å². The minimum Gasteiger partial charge on any atom is -0.481 e. The van der Waals surface area contributed by atoms with E-state index in [2.05, 4.69) is 0 Å². The highest BCUT2D eigenvalue weighted by molar-refractivity contribution is 5.74. The van der Waals surface area contributed by atoms with E-state index in [1.165, 1.54) is 0 Å². The van der Waals surface area contributed by atoms with E-state index >= 15 is 0 Å². The van der Waals surface area contributed by atoms with Crippen LogP contribution in [0, 0.1) is 17.8 Å². The summed E-state index contributed by atoms with van der Waals surface area (Å²) < 4.78 is 5.23. The van der Waals surface area contributed by atoms with Gasteiger partial charge in [0.05, 0.1) is 18.6 Å². The molecule has 0 aromatic rings. The van der Waals surface area contributed by atoms with Crippen LogP contribution < -0.4 is 0 Å². The first-order chi connectivity index (χ1) is 4.72. The Bertz CT molecular complexity index is 178. The third kappa shape index (κ3) is 0.611. The summed E-state index contributed by atoms with van der Waals surface area (Å²) >= 11 is 0. The van der Waals surface area contributed by atoms with Crippen LogP contribution in [0.25, 0.3) is 0 Å². The molecule has 2 rings (SSSR count). The number of hydrogen-bond acceptors (Lipinski definition) is 2. The van der Waals surface area contributed by atoms with Gasteiger partial charge in [-0.05, 0) is 6.92 Å². The summed E-state index contributed by atoms with van der Waals surface area (Å²) in [6.45, 7) is 2.61. The monoisotopic (exact) mass is 142 g/mol. The summed E-state index contributed by atoms with van der Waals surface area (Å²) in [7, 11) is 0. The van der Waals surface area contributed by atoms with Gasteiger partial charge in [0.2, 0.25) is 0 Å². The molecule has 1 N–H and O–H groups in total. The van der Waals surface area contributed by atoms with Gasteiger partial charge in [-0.15, -0.1) is 0 Å². The van der Waals surface area contributed by atoms with Crippen molar-refractivity contribution in [1.82, 2.24) is 0 Å². The van der Waals surface area contributed by atoms with Crippen molar-refractivity contribution in [3.05, 3.63) is 0 Å². The van der Waals surface area contributed by atoms with Crippen LogP contribution in [0.1, 0.15) is 6.92 Å². The maximum atomic E-state index is 10.5. The summed E-state index contributed by atoms with van der Waals surface area (Å²) in [6.07, 6.45) is 0.172. The Balaban J connectivity index is 2.05. The van der Waals surface area contributed by atoms with Crippen LogP contribution >= 0.6 is 0 Å². The van der Waals surface area contributed by atoms with Gasteiger partial charge in [-0.3, -0.25) is 4.79 Å². The first kappa shape index (κ1) is 6.16. The van der Waals surface area contributed by atoms with Crippen molar-refractivity contribution < 1.29 is 14.6 Å². The topological polar surface area (TPSA) is 46.5 Å². The third-order valence-corrected chi connectivity index (χ3v) is 2.61. The molecule has 2 aliphatic rings. The average molecular weight is 142 g/mol. The van der Waals surface area contributed by atoms with Crippen LogP contribution in [0.2, 0.25) is 0 Å². The highest BCUT2D eigenvalue weighted by Crippen LogP contribution is 2.54. The molecule has 2 fully saturated rings. The normalized spacial score (nSPS) is 50.5. The lowest BCUT2D eigenvalue weighted by atomic mass is 10.2. The van der Waals surface area contributed by atoms with E-state index < -0.39 is 5.97 Å². The van der Waals surface area contributed by atoms with Crippen molar-refractivity contribution in [1.29, 1.82) is 0 Å². The lowest BCUT2D eigenvalue weighted by Crippen LogP contribution is -2.13. The molecule has 10 heavy (non-hydrogen) atoms. The molecule has 1 aliphatic heterocycles. The van der Waals surface area contributed by atoms with E-state index in [0.717, 1.165) is 0 Å². The van der Waals surface area contributed by atoms with Gasteiger partial charge in [0.25, 0.3) is 0 Å². The zero-order chi connectivity index (χ0) is 7.30. The van der Waals surface area contributed by atoms with Gasteiger partial charge in [0.1, 0.15) is 0 Å². The van der Waals surface area contributed by atoms with Crippen LogP contribution in [-0.4, -0.2) is 23.8 Å². The van der Waals surface area contributed by atoms with E-state index in [1.807, 2.05) is 6.92 Å². The lowest BCUT2D eigenvalue weighted by molar-refractivity contribution is -0.140. The molecular formula is C7H10O3. The Kier molecular flexibility index (Phi) is 1.06. The Morgan fingerprint density at radius 2 is 2.40 bits per heavy atom. The highest BCUT2D eigenvalue weighted by Gasteiger charge is 2.61. The van der Waals surface area contributed by atoms with Gasteiger partial charge in [-0.2, -0.15) is 0 Å². The van der Waals surface area contributed by atoms with Gasteiger partial charge in [0, 0.05) is 11.8 Å². The fourth-order valence-electron chi connectivity index (χ4n) is 1.98. The molecule has 0 amide bonds. The number of fused-ring (bicyclic) bond motifs is 1. The number of carboxylic acid groups (broad SMARTS) is 1. The largest absolute Gasteiger partial charge is 0.481 e. The van der Waals surface area contributed by atoms with Crippen LogP contribution in [0.15, 0.2) is 0 Å². The molecule has 4 unspecified atom stereocenters. The molecule has 0 bridgehead atoms. The molecule has 3 heteroatoms. The highest BCUT2D eigenvalue weighted by atomic mass is 16.5. The van der Waals surface area contributed by atoms with Crippen LogP contribution in [0.3, 0.4) is 0 Å². The van der Waals surface area contributed by atoms with Gasteiger partial charge >= 0.3 is 5.97 Å². The number of rotatable bonds is 1. The van der Waals surface area contributed by atoms with E-state index in [0.29, 0.717) is 18.4 Å². The fourth-order valence-corrected chi connectivity index (χ4v) is 1.98. The van der Waals surface area contributed by atoms with Crippen molar-refractivity contribution in [2.45, 2.75) is 13.0 Å². The molecule has 0 radical (unpaired) electrons. The number of carbonyl (C=O) groups is 1. The van der Waals surface area contributed by atoms with Gasteiger partial charge in [-0.1, -0.05) is 0 Å². The molecule has 0 aromatic heterocycles. The zero-order valence-corrected chi connectivity index (χ0v) is 5.78. The van der Waals surface area contributed by atoms with Crippen molar-refractivity contribution in [3.8, 4) is 0 Å². The molecule has 56 valence electrons.